The van der Waals surface area contributed by atoms with Gasteiger partial charge in [-0.05, 0) is 11.6 Å². The summed E-state index contributed by atoms with van der Waals surface area (Å²) < 4.78 is 40.9. The van der Waals surface area contributed by atoms with Crippen molar-refractivity contribution in [2.75, 3.05) is 26.1 Å². The molecule has 0 N–H and O–H groups in total. The van der Waals surface area contributed by atoms with Crippen LogP contribution in [0.2, 0.25) is 0 Å². The molecule has 0 spiro atoms. The molecule has 1 atom stereocenters. The number of fused-ring (bicyclic) bond motifs is 1. The van der Waals surface area contributed by atoms with Gasteiger partial charge in [0.15, 0.2) is 6.29 Å². The average molecular weight is 339 g/mol. The maximum absolute atomic E-state index is 11.4. The van der Waals surface area contributed by atoms with Crippen molar-refractivity contribution >= 4 is 21.0 Å². The number of hydrogen-bond donors (Lipinski definition) is 0. The van der Waals surface area contributed by atoms with Gasteiger partial charge in [-0.15, -0.1) is 0 Å². The van der Waals surface area contributed by atoms with Crippen LogP contribution in [0.4, 0.5) is 0 Å². The maximum Gasteiger partial charge on any atom is 0.264 e. The Bertz CT molecular complexity index is 777. The topological polar surface area (TPSA) is 66.8 Å². The van der Waals surface area contributed by atoms with Gasteiger partial charge in [-0.25, -0.2) is 0 Å². The molecule has 2 aromatic rings. The van der Waals surface area contributed by atoms with Crippen LogP contribution in [-0.2, 0) is 30.8 Å². The highest BCUT2D eigenvalue weighted by atomic mass is 32.2. The first-order chi connectivity index (χ1) is 10.9. The molecule has 6 nitrogen and oxygen atoms in total. The van der Waals surface area contributed by atoms with Crippen LogP contribution in [0.25, 0.3) is 10.9 Å². The smallest absolute Gasteiger partial charge is 0.264 e. The van der Waals surface area contributed by atoms with Crippen LogP contribution in [0.15, 0.2) is 30.5 Å². The quantitative estimate of drug-likeness (QED) is 0.753. The van der Waals surface area contributed by atoms with E-state index in [9.17, 15) is 8.42 Å². The van der Waals surface area contributed by atoms with Crippen molar-refractivity contribution in [1.82, 2.24) is 4.57 Å². The van der Waals surface area contributed by atoms with Crippen LogP contribution >= 0.6 is 0 Å². The third-order valence-electron chi connectivity index (χ3n) is 4.02. The van der Waals surface area contributed by atoms with Crippen LogP contribution in [-0.4, -0.2) is 45.4 Å². The number of aryl methyl sites for hydroxylation is 1. The number of benzene rings is 1. The van der Waals surface area contributed by atoms with Gasteiger partial charge in [0.25, 0.3) is 10.1 Å². The number of para-hydroxylation sites is 1. The molecule has 1 aliphatic rings. The fourth-order valence-electron chi connectivity index (χ4n) is 2.96. The van der Waals surface area contributed by atoms with Crippen LogP contribution in [0.5, 0.6) is 0 Å². The van der Waals surface area contributed by atoms with Crippen molar-refractivity contribution in [3.63, 3.8) is 0 Å². The Labute approximate surface area is 136 Å². The molecule has 1 saturated heterocycles. The van der Waals surface area contributed by atoms with E-state index in [1.807, 2.05) is 42.1 Å². The molecular formula is C16H21NO5S. The van der Waals surface area contributed by atoms with Crippen molar-refractivity contribution in [3.05, 3.63) is 36.0 Å². The maximum atomic E-state index is 11.4. The fraction of sp³-hybridized carbons (Fsp3) is 0.500. The molecule has 0 radical (unpaired) electrons. The molecule has 7 heteroatoms. The largest absolute Gasteiger partial charge is 0.350 e. The standard InChI is InChI=1S/C16H21NO5S/c1-17-10-14(13-5-3-4-6-15(13)17)12(11-22-23(2,18)19)9-16-20-7-8-21-16/h3-6,10,12,16H,7-9,11H2,1-2H3. The summed E-state index contributed by atoms with van der Waals surface area (Å²) in [6, 6.07) is 8.03. The van der Waals surface area contributed by atoms with Crippen molar-refractivity contribution in [3.8, 4) is 0 Å². The third-order valence-corrected chi connectivity index (χ3v) is 4.58. The zero-order valence-corrected chi connectivity index (χ0v) is 14.1. The van der Waals surface area contributed by atoms with Crippen molar-refractivity contribution in [2.24, 2.45) is 7.05 Å². The monoisotopic (exact) mass is 339 g/mol. The SMILES string of the molecule is Cn1cc(C(COS(C)(=O)=O)CC2OCCO2)c2ccccc21. The highest BCUT2D eigenvalue weighted by Crippen LogP contribution is 2.32. The van der Waals surface area contributed by atoms with Gasteiger partial charge in [0.05, 0.1) is 26.1 Å². The van der Waals surface area contributed by atoms with Gasteiger partial charge < -0.3 is 14.0 Å². The minimum Gasteiger partial charge on any atom is -0.350 e. The first-order valence-corrected chi connectivity index (χ1v) is 9.37. The minimum absolute atomic E-state index is 0.0794. The Morgan fingerprint density at radius 1 is 1.30 bits per heavy atom. The number of ether oxygens (including phenoxy) is 2. The van der Waals surface area contributed by atoms with E-state index in [2.05, 4.69) is 0 Å². The second-order valence-corrected chi connectivity index (χ2v) is 7.45. The van der Waals surface area contributed by atoms with E-state index in [4.69, 9.17) is 13.7 Å². The first kappa shape index (κ1) is 16.4. The van der Waals surface area contributed by atoms with E-state index in [-0.39, 0.29) is 18.8 Å². The fourth-order valence-corrected chi connectivity index (χ4v) is 3.38. The van der Waals surface area contributed by atoms with Gasteiger partial charge in [0.1, 0.15) is 0 Å². The summed E-state index contributed by atoms with van der Waals surface area (Å²) in [5.74, 6) is -0.126. The predicted molar refractivity (Wildman–Crippen MR) is 86.8 cm³/mol. The van der Waals surface area contributed by atoms with E-state index in [0.717, 1.165) is 22.7 Å². The van der Waals surface area contributed by atoms with Crippen molar-refractivity contribution in [2.45, 2.75) is 18.6 Å². The molecule has 1 unspecified atom stereocenters. The lowest BCUT2D eigenvalue weighted by atomic mass is 9.96. The summed E-state index contributed by atoms with van der Waals surface area (Å²) in [4.78, 5) is 0. The predicted octanol–water partition coefficient (Wildman–Crippen LogP) is 2.00. The second-order valence-electron chi connectivity index (χ2n) is 5.80. The Balaban J connectivity index is 1.91. The molecule has 0 bridgehead atoms. The first-order valence-electron chi connectivity index (χ1n) is 7.55. The lowest BCUT2D eigenvalue weighted by Gasteiger charge is -2.19. The molecule has 2 heterocycles. The second kappa shape index (κ2) is 6.60. The highest BCUT2D eigenvalue weighted by molar-refractivity contribution is 7.85. The molecular weight excluding hydrogens is 318 g/mol. The van der Waals surface area contributed by atoms with Crippen LogP contribution < -0.4 is 0 Å². The third kappa shape index (κ3) is 3.92. The van der Waals surface area contributed by atoms with Gasteiger partial charge in [-0.3, -0.25) is 4.18 Å². The molecule has 0 aliphatic carbocycles. The molecule has 1 aromatic carbocycles. The molecule has 1 aliphatic heterocycles. The molecule has 3 rings (SSSR count). The van der Waals surface area contributed by atoms with E-state index in [1.165, 1.54) is 0 Å². The van der Waals surface area contributed by atoms with Gasteiger partial charge in [-0.2, -0.15) is 8.42 Å². The van der Waals surface area contributed by atoms with Crippen LogP contribution in [0.3, 0.4) is 0 Å². The molecule has 23 heavy (non-hydrogen) atoms. The molecule has 1 fully saturated rings. The Morgan fingerprint density at radius 3 is 2.70 bits per heavy atom. The summed E-state index contributed by atoms with van der Waals surface area (Å²) in [6.07, 6.45) is 3.33. The molecule has 126 valence electrons. The summed E-state index contributed by atoms with van der Waals surface area (Å²) >= 11 is 0. The average Bonchev–Trinajstić information content (AvgIpc) is 3.11. The summed E-state index contributed by atoms with van der Waals surface area (Å²) in [6.45, 7) is 1.22. The zero-order chi connectivity index (χ0) is 16.4. The molecule has 0 saturated carbocycles. The lowest BCUT2D eigenvalue weighted by molar-refractivity contribution is -0.0531. The molecule has 1 aromatic heterocycles. The number of aromatic nitrogens is 1. The Morgan fingerprint density at radius 2 is 2.00 bits per heavy atom. The van der Waals surface area contributed by atoms with Gasteiger partial charge in [-0.1, -0.05) is 18.2 Å². The van der Waals surface area contributed by atoms with Crippen molar-refractivity contribution < 1.29 is 22.1 Å². The van der Waals surface area contributed by atoms with Crippen LogP contribution in [0, 0.1) is 0 Å². The summed E-state index contributed by atoms with van der Waals surface area (Å²) in [7, 11) is -1.52. The van der Waals surface area contributed by atoms with Gasteiger partial charge in [0, 0.05) is 36.5 Å². The van der Waals surface area contributed by atoms with Crippen molar-refractivity contribution in [1.29, 1.82) is 0 Å². The van der Waals surface area contributed by atoms with Gasteiger partial charge in [0.2, 0.25) is 0 Å². The number of nitrogens with zero attached hydrogens (tertiary/aromatic N) is 1. The van der Waals surface area contributed by atoms with E-state index in [1.54, 1.807) is 0 Å². The van der Waals surface area contributed by atoms with Crippen LogP contribution in [0.1, 0.15) is 17.9 Å². The molecule has 0 amide bonds. The normalized spacial score (nSPS) is 17.8. The number of hydrogen-bond acceptors (Lipinski definition) is 5. The summed E-state index contributed by atoms with van der Waals surface area (Å²) in [5, 5.41) is 1.09. The summed E-state index contributed by atoms with van der Waals surface area (Å²) in [5.41, 5.74) is 2.14. The van der Waals surface area contributed by atoms with Gasteiger partial charge >= 0.3 is 0 Å². The number of rotatable bonds is 6. The van der Waals surface area contributed by atoms with E-state index in [0.29, 0.717) is 19.6 Å². The highest BCUT2D eigenvalue weighted by Gasteiger charge is 2.26. The van der Waals surface area contributed by atoms with E-state index >= 15 is 0 Å². The Hall–Kier alpha value is -1.41. The zero-order valence-electron chi connectivity index (χ0n) is 13.3. The van der Waals surface area contributed by atoms with E-state index < -0.39 is 10.1 Å². The minimum atomic E-state index is -3.50. The Kier molecular flexibility index (Phi) is 4.72. The lowest BCUT2D eigenvalue weighted by Crippen LogP contribution is -2.19.